The molecule has 0 spiro atoms. The lowest BCUT2D eigenvalue weighted by Crippen LogP contribution is -2.37. The summed E-state index contributed by atoms with van der Waals surface area (Å²) in [5, 5.41) is 8.61. The molecule has 0 amide bonds. The van der Waals surface area contributed by atoms with E-state index in [1.807, 2.05) is 0 Å². The molecular formula is C12H20N2O. The summed E-state index contributed by atoms with van der Waals surface area (Å²) in [6.45, 7) is 2.53. The molecule has 0 heterocycles. The van der Waals surface area contributed by atoms with Gasteiger partial charge in [0, 0.05) is 32.7 Å². The van der Waals surface area contributed by atoms with Crippen LogP contribution in [0.25, 0.3) is 0 Å². The van der Waals surface area contributed by atoms with Crippen molar-refractivity contribution in [2.75, 3.05) is 26.8 Å². The van der Waals surface area contributed by atoms with E-state index in [2.05, 4.69) is 23.1 Å². The van der Waals surface area contributed by atoms with E-state index in [1.54, 1.807) is 7.11 Å². The molecule has 0 unspecified atom stereocenters. The molecular weight excluding hydrogens is 188 g/mol. The van der Waals surface area contributed by atoms with Crippen LogP contribution in [0.4, 0.5) is 0 Å². The Morgan fingerprint density at radius 3 is 3.00 bits per heavy atom. The second-order valence-electron chi connectivity index (χ2n) is 3.86. The van der Waals surface area contributed by atoms with Crippen molar-refractivity contribution in [3.05, 3.63) is 12.2 Å². The number of ether oxygens (including phenoxy) is 1. The second-order valence-corrected chi connectivity index (χ2v) is 3.86. The van der Waals surface area contributed by atoms with Gasteiger partial charge in [-0.05, 0) is 19.3 Å². The Morgan fingerprint density at radius 1 is 1.53 bits per heavy atom. The monoisotopic (exact) mass is 208 g/mol. The van der Waals surface area contributed by atoms with Crippen molar-refractivity contribution >= 4 is 0 Å². The van der Waals surface area contributed by atoms with Gasteiger partial charge in [-0.15, -0.1) is 0 Å². The Morgan fingerprint density at radius 2 is 2.40 bits per heavy atom. The number of hydrogen-bond donors (Lipinski definition) is 0. The Hall–Kier alpha value is -0.850. The summed E-state index contributed by atoms with van der Waals surface area (Å²) in [5.41, 5.74) is 0. The average Bonchev–Trinajstić information content (AvgIpc) is 2.30. The number of hydrogen-bond acceptors (Lipinski definition) is 3. The first-order valence-electron chi connectivity index (χ1n) is 5.65. The normalized spacial score (nSPS) is 20.5. The molecule has 1 atom stereocenters. The van der Waals surface area contributed by atoms with Gasteiger partial charge in [0.2, 0.25) is 0 Å². The van der Waals surface area contributed by atoms with E-state index in [0.29, 0.717) is 12.5 Å². The van der Waals surface area contributed by atoms with Crippen LogP contribution in [0.5, 0.6) is 0 Å². The summed E-state index contributed by atoms with van der Waals surface area (Å²) in [5.74, 6) is 0. The lowest BCUT2D eigenvalue weighted by Gasteiger charge is -2.30. The predicted molar refractivity (Wildman–Crippen MR) is 60.5 cm³/mol. The van der Waals surface area contributed by atoms with Gasteiger partial charge in [0.05, 0.1) is 12.7 Å². The molecule has 0 saturated heterocycles. The number of rotatable bonds is 6. The summed E-state index contributed by atoms with van der Waals surface area (Å²) < 4.78 is 5.09. The summed E-state index contributed by atoms with van der Waals surface area (Å²) in [6, 6.07) is 2.72. The summed E-state index contributed by atoms with van der Waals surface area (Å²) >= 11 is 0. The van der Waals surface area contributed by atoms with E-state index < -0.39 is 0 Å². The zero-order chi connectivity index (χ0) is 10.9. The minimum atomic E-state index is 0.516. The predicted octanol–water partition coefficient (Wildman–Crippen LogP) is 1.96. The Labute approximate surface area is 92.3 Å². The molecule has 0 saturated carbocycles. The molecule has 1 aliphatic carbocycles. The molecule has 0 fully saturated rings. The van der Waals surface area contributed by atoms with Crippen LogP contribution >= 0.6 is 0 Å². The van der Waals surface area contributed by atoms with Gasteiger partial charge in [0.25, 0.3) is 0 Å². The fraction of sp³-hybridized carbons (Fsp3) is 0.750. The smallest absolute Gasteiger partial charge is 0.0635 e. The van der Waals surface area contributed by atoms with Crippen LogP contribution in [-0.2, 0) is 4.74 Å². The highest BCUT2D eigenvalue weighted by Gasteiger charge is 2.16. The van der Waals surface area contributed by atoms with Crippen molar-refractivity contribution in [1.82, 2.24) is 4.90 Å². The van der Waals surface area contributed by atoms with Crippen LogP contribution in [0, 0.1) is 11.3 Å². The van der Waals surface area contributed by atoms with Gasteiger partial charge in [-0.1, -0.05) is 12.2 Å². The summed E-state index contributed by atoms with van der Waals surface area (Å²) in [7, 11) is 1.72. The van der Waals surface area contributed by atoms with Crippen LogP contribution in [0.1, 0.15) is 25.7 Å². The third-order valence-corrected chi connectivity index (χ3v) is 2.79. The molecule has 15 heavy (non-hydrogen) atoms. The van der Waals surface area contributed by atoms with E-state index in [1.165, 1.54) is 19.3 Å². The molecule has 84 valence electrons. The van der Waals surface area contributed by atoms with Crippen molar-refractivity contribution in [2.24, 2.45) is 0 Å². The van der Waals surface area contributed by atoms with E-state index in [0.717, 1.165) is 19.7 Å². The number of nitriles is 1. The van der Waals surface area contributed by atoms with Crippen molar-refractivity contribution in [2.45, 2.75) is 31.7 Å². The number of methoxy groups -OCH3 is 1. The number of allylic oxidation sites excluding steroid dienone is 1. The molecule has 0 aliphatic heterocycles. The molecule has 0 radical (unpaired) electrons. The van der Waals surface area contributed by atoms with Gasteiger partial charge in [0.1, 0.15) is 0 Å². The first-order valence-corrected chi connectivity index (χ1v) is 5.65. The van der Waals surface area contributed by atoms with Crippen LogP contribution in [0.15, 0.2) is 12.2 Å². The van der Waals surface area contributed by atoms with Crippen molar-refractivity contribution in [3.63, 3.8) is 0 Å². The number of nitrogens with zero attached hydrogens (tertiary/aromatic N) is 2. The van der Waals surface area contributed by atoms with E-state index in [-0.39, 0.29) is 0 Å². The molecule has 3 nitrogen and oxygen atoms in total. The fourth-order valence-electron chi connectivity index (χ4n) is 1.94. The topological polar surface area (TPSA) is 36.3 Å². The Bertz CT molecular complexity index is 232. The molecule has 1 aliphatic rings. The Kier molecular flexibility index (Phi) is 6.06. The minimum absolute atomic E-state index is 0.516. The minimum Gasteiger partial charge on any atom is -0.383 e. The maximum atomic E-state index is 8.61. The SMILES string of the molecule is COCCN(CCC#N)[C@@H]1C=CCCC1. The van der Waals surface area contributed by atoms with Gasteiger partial charge in [-0.2, -0.15) is 5.26 Å². The van der Waals surface area contributed by atoms with Crippen LogP contribution in [0.2, 0.25) is 0 Å². The Balaban J connectivity index is 2.42. The van der Waals surface area contributed by atoms with Gasteiger partial charge >= 0.3 is 0 Å². The molecule has 0 N–H and O–H groups in total. The van der Waals surface area contributed by atoms with E-state index in [9.17, 15) is 0 Å². The van der Waals surface area contributed by atoms with Crippen LogP contribution < -0.4 is 0 Å². The van der Waals surface area contributed by atoms with Crippen molar-refractivity contribution < 1.29 is 4.74 Å². The van der Waals surface area contributed by atoms with Crippen molar-refractivity contribution in [3.8, 4) is 6.07 Å². The van der Waals surface area contributed by atoms with Gasteiger partial charge in [0.15, 0.2) is 0 Å². The quantitative estimate of drug-likeness (QED) is 0.626. The average molecular weight is 208 g/mol. The molecule has 0 aromatic carbocycles. The summed E-state index contributed by atoms with van der Waals surface area (Å²) in [6.07, 6.45) is 8.81. The standard InChI is InChI=1S/C12H20N2O/c1-15-11-10-14(9-5-8-13)12-6-3-2-4-7-12/h3,6,12H,2,4-5,7,9-11H2,1H3/t12-/m1/s1. The molecule has 0 aromatic heterocycles. The summed E-state index contributed by atoms with van der Waals surface area (Å²) in [4.78, 5) is 2.35. The first-order chi connectivity index (χ1) is 7.38. The third kappa shape index (κ3) is 4.46. The maximum Gasteiger partial charge on any atom is 0.0635 e. The lowest BCUT2D eigenvalue weighted by atomic mass is 10.0. The van der Waals surface area contributed by atoms with Crippen LogP contribution in [0.3, 0.4) is 0 Å². The highest BCUT2D eigenvalue weighted by atomic mass is 16.5. The van der Waals surface area contributed by atoms with Crippen molar-refractivity contribution in [1.29, 1.82) is 5.26 Å². The largest absolute Gasteiger partial charge is 0.383 e. The fourth-order valence-corrected chi connectivity index (χ4v) is 1.94. The van der Waals surface area contributed by atoms with E-state index >= 15 is 0 Å². The molecule has 3 heteroatoms. The highest BCUT2D eigenvalue weighted by molar-refractivity contribution is 4.99. The molecule has 0 aromatic rings. The third-order valence-electron chi connectivity index (χ3n) is 2.79. The highest BCUT2D eigenvalue weighted by Crippen LogP contribution is 2.16. The van der Waals surface area contributed by atoms with Gasteiger partial charge in [-0.25, -0.2) is 0 Å². The second kappa shape index (κ2) is 7.44. The zero-order valence-corrected chi connectivity index (χ0v) is 9.48. The lowest BCUT2D eigenvalue weighted by molar-refractivity contribution is 0.129. The van der Waals surface area contributed by atoms with E-state index in [4.69, 9.17) is 10.00 Å². The van der Waals surface area contributed by atoms with Gasteiger partial charge < -0.3 is 4.74 Å². The zero-order valence-electron chi connectivity index (χ0n) is 9.48. The molecule has 0 bridgehead atoms. The molecule has 1 rings (SSSR count). The van der Waals surface area contributed by atoms with Crippen LogP contribution in [-0.4, -0.2) is 37.7 Å². The first kappa shape index (κ1) is 12.2. The maximum absolute atomic E-state index is 8.61. The van der Waals surface area contributed by atoms with Gasteiger partial charge in [-0.3, -0.25) is 4.90 Å².